The number of amides is 1. The van der Waals surface area contributed by atoms with E-state index in [1.807, 2.05) is 12.1 Å². The van der Waals surface area contributed by atoms with Crippen LogP contribution in [0.5, 0.6) is 0 Å². The second-order valence-corrected chi connectivity index (χ2v) is 6.98. The highest BCUT2D eigenvalue weighted by Crippen LogP contribution is 2.37. The molecule has 2 aliphatic rings. The molecule has 4 heteroatoms. The maximum atomic E-state index is 13.0. The maximum absolute atomic E-state index is 13.0. The first-order valence-electron chi connectivity index (χ1n) is 8.77. The summed E-state index contributed by atoms with van der Waals surface area (Å²) >= 11 is 0. The molecule has 0 radical (unpaired) electrons. The van der Waals surface area contributed by atoms with Gasteiger partial charge in [0.05, 0.1) is 5.41 Å². The number of benzene rings is 1. The lowest BCUT2D eigenvalue weighted by Crippen LogP contribution is -2.47. The van der Waals surface area contributed by atoms with Crippen molar-refractivity contribution in [2.75, 3.05) is 13.2 Å². The molecule has 0 unspecified atom stereocenters. The molecule has 23 heavy (non-hydrogen) atoms. The Morgan fingerprint density at radius 2 is 1.96 bits per heavy atom. The van der Waals surface area contributed by atoms with E-state index in [4.69, 9.17) is 4.74 Å². The Kier molecular flexibility index (Phi) is 5.00. The molecule has 1 aromatic rings. The van der Waals surface area contributed by atoms with Crippen LogP contribution >= 0.6 is 0 Å². The van der Waals surface area contributed by atoms with Gasteiger partial charge in [-0.25, -0.2) is 4.39 Å². The highest BCUT2D eigenvalue weighted by molar-refractivity contribution is 5.83. The summed E-state index contributed by atoms with van der Waals surface area (Å²) in [5, 5.41) is 3.28. The van der Waals surface area contributed by atoms with Gasteiger partial charge in [-0.1, -0.05) is 19.1 Å². The van der Waals surface area contributed by atoms with Gasteiger partial charge in [-0.15, -0.1) is 0 Å². The van der Waals surface area contributed by atoms with Crippen molar-refractivity contribution in [1.82, 2.24) is 5.32 Å². The van der Waals surface area contributed by atoms with Crippen LogP contribution in [0.1, 0.15) is 56.9 Å². The standard InChI is InChI=1S/C19H26FNO2/c1-2-19(9-11-23-12-10-19)18(22)21-17-8-5-15(13-17)14-3-6-16(20)7-4-14/h3-4,6-7,15,17H,2,5,8-13H2,1H3,(H,21,22)/t15-,17+/m1/s1. The molecule has 2 fully saturated rings. The van der Waals surface area contributed by atoms with Crippen LogP contribution in [-0.2, 0) is 9.53 Å². The summed E-state index contributed by atoms with van der Waals surface area (Å²) in [6, 6.07) is 7.03. The van der Waals surface area contributed by atoms with Crippen molar-refractivity contribution in [3.63, 3.8) is 0 Å². The minimum atomic E-state index is -0.244. The van der Waals surface area contributed by atoms with Crippen LogP contribution in [0.4, 0.5) is 4.39 Å². The van der Waals surface area contributed by atoms with Gasteiger partial charge >= 0.3 is 0 Å². The third kappa shape index (κ3) is 3.57. The molecule has 0 bridgehead atoms. The molecule has 1 aliphatic heterocycles. The van der Waals surface area contributed by atoms with Gasteiger partial charge in [0.2, 0.25) is 5.91 Å². The van der Waals surface area contributed by atoms with Crippen molar-refractivity contribution in [2.24, 2.45) is 5.41 Å². The lowest BCUT2D eigenvalue weighted by atomic mass is 9.77. The Morgan fingerprint density at radius 1 is 1.26 bits per heavy atom. The SMILES string of the molecule is CCC1(C(=O)N[C@H]2CC[C@@H](c3ccc(F)cc3)C2)CCOCC1. The van der Waals surface area contributed by atoms with E-state index in [-0.39, 0.29) is 23.2 Å². The van der Waals surface area contributed by atoms with Crippen LogP contribution in [0.25, 0.3) is 0 Å². The Morgan fingerprint density at radius 3 is 2.61 bits per heavy atom. The molecular weight excluding hydrogens is 293 g/mol. The zero-order valence-corrected chi connectivity index (χ0v) is 13.8. The Balaban J connectivity index is 1.59. The average molecular weight is 319 g/mol. The molecule has 1 N–H and O–H groups in total. The van der Waals surface area contributed by atoms with Crippen LogP contribution < -0.4 is 5.32 Å². The van der Waals surface area contributed by atoms with Crippen molar-refractivity contribution in [2.45, 2.75) is 57.4 Å². The monoisotopic (exact) mass is 319 g/mol. The van der Waals surface area contributed by atoms with Crippen LogP contribution in [0.15, 0.2) is 24.3 Å². The lowest BCUT2D eigenvalue weighted by molar-refractivity contribution is -0.137. The third-order valence-corrected chi connectivity index (χ3v) is 5.72. The van der Waals surface area contributed by atoms with Crippen molar-refractivity contribution in [3.8, 4) is 0 Å². The number of rotatable bonds is 4. The van der Waals surface area contributed by atoms with Gasteiger partial charge in [-0.05, 0) is 62.1 Å². The molecule has 3 rings (SSSR count). The van der Waals surface area contributed by atoms with E-state index in [0.29, 0.717) is 19.1 Å². The summed E-state index contributed by atoms with van der Waals surface area (Å²) in [7, 11) is 0. The number of carbonyl (C=O) groups excluding carboxylic acids is 1. The van der Waals surface area contributed by atoms with E-state index in [1.165, 1.54) is 17.7 Å². The van der Waals surface area contributed by atoms with Gasteiger partial charge in [0.25, 0.3) is 0 Å². The highest BCUT2D eigenvalue weighted by Gasteiger charge is 2.40. The molecule has 1 aliphatic carbocycles. The summed E-state index contributed by atoms with van der Waals surface area (Å²) in [6.45, 7) is 3.47. The van der Waals surface area contributed by atoms with Gasteiger partial charge in [-0.2, -0.15) is 0 Å². The molecular formula is C19H26FNO2. The van der Waals surface area contributed by atoms with Gasteiger partial charge < -0.3 is 10.1 Å². The summed E-state index contributed by atoms with van der Waals surface area (Å²) in [6.07, 6.45) is 5.53. The van der Waals surface area contributed by atoms with Gasteiger partial charge in [0.1, 0.15) is 5.82 Å². The number of nitrogens with one attached hydrogen (secondary N) is 1. The summed E-state index contributed by atoms with van der Waals surface area (Å²) < 4.78 is 18.5. The van der Waals surface area contributed by atoms with Gasteiger partial charge in [0, 0.05) is 19.3 Å². The number of hydrogen-bond acceptors (Lipinski definition) is 2. The quantitative estimate of drug-likeness (QED) is 0.917. The third-order valence-electron chi connectivity index (χ3n) is 5.72. The van der Waals surface area contributed by atoms with E-state index >= 15 is 0 Å². The van der Waals surface area contributed by atoms with Crippen LogP contribution in [0.3, 0.4) is 0 Å². The zero-order valence-electron chi connectivity index (χ0n) is 13.8. The smallest absolute Gasteiger partial charge is 0.226 e. The van der Waals surface area contributed by atoms with Gasteiger partial charge in [-0.3, -0.25) is 4.79 Å². The normalized spacial score (nSPS) is 26.9. The molecule has 0 spiro atoms. The second kappa shape index (κ2) is 7.00. The highest BCUT2D eigenvalue weighted by atomic mass is 19.1. The molecule has 1 heterocycles. The maximum Gasteiger partial charge on any atom is 0.226 e. The Hall–Kier alpha value is -1.42. The fourth-order valence-corrected chi connectivity index (χ4v) is 3.99. The average Bonchev–Trinajstić information content (AvgIpc) is 3.04. The molecule has 1 aromatic carbocycles. The van der Waals surface area contributed by atoms with Crippen molar-refractivity contribution in [3.05, 3.63) is 35.6 Å². The molecule has 3 nitrogen and oxygen atoms in total. The van der Waals surface area contributed by atoms with E-state index in [1.54, 1.807) is 0 Å². The number of ether oxygens (including phenoxy) is 1. The minimum Gasteiger partial charge on any atom is -0.381 e. The van der Waals surface area contributed by atoms with Crippen molar-refractivity contribution in [1.29, 1.82) is 0 Å². The fourth-order valence-electron chi connectivity index (χ4n) is 3.99. The van der Waals surface area contributed by atoms with Gasteiger partial charge in [0.15, 0.2) is 0 Å². The number of hydrogen-bond donors (Lipinski definition) is 1. The number of halogens is 1. The summed E-state index contributed by atoms with van der Waals surface area (Å²) in [5.74, 6) is 0.433. The van der Waals surface area contributed by atoms with Crippen molar-refractivity contribution >= 4 is 5.91 Å². The lowest BCUT2D eigenvalue weighted by Gasteiger charge is -2.35. The Labute approximate surface area is 137 Å². The predicted octanol–water partition coefficient (Wildman–Crippen LogP) is 3.78. The molecule has 1 saturated carbocycles. The van der Waals surface area contributed by atoms with Crippen LogP contribution in [0.2, 0.25) is 0 Å². The molecule has 2 atom stereocenters. The first kappa shape index (κ1) is 16.4. The fraction of sp³-hybridized carbons (Fsp3) is 0.632. The summed E-state index contributed by atoms with van der Waals surface area (Å²) in [4.78, 5) is 12.8. The molecule has 126 valence electrons. The topological polar surface area (TPSA) is 38.3 Å². The first-order chi connectivity index (χ1) is 11.1. The van der Waals surface area contributed by atoms with Crippen LogP contribution in [-0.4, -0.2) is 25.2 Å². The van der Waals surface area contributed by atoms with E-state index in [0.717, 1.165) is 38.5 Å². The number of carbonyl (C=O) groups is 1. The van der Waals surface area contributed by atoms with E-state index in [2.05, 4.69) is 12.2 Å². The molecule has 1 saturated heterocycles. The molecule has 1 amide bonds. The predicted molar refractivity (Wildman–Crippen MR) is 87.7 cm³/mol. The van der Waals surface area contributed by atoms with Crippen molar-refractivity contribution < 1.29 is 13.9 Å². The Bertz CT molecular complexity index is 537. The molecule has 0 aromatic heterocycles. The minimum absolute atomic E-state index is 0.194. The zero-order chi connectivity index (χ0) is 16.3. The largest absolute Gasteiger partial charge is 0.381 e. The van der Waals surface area contributed by atoms with Crippen LogP contribution in [0, 0.1) is 11.2 Å². The first-order valence-corrected chi connectivity index (χ1v) is 8.77. The summed E-state index contributed by atoms with van der Waals surface area (Å²) in [5.41, 5.74) is 0.936. The van der Waals surface area contributed by atoms with E-state index < -0.39 is 0 Å². The van der Waals surface area contributed by atoms with E-state index in [9.17, 15) is 9.18 Å². The second-order valence-electron chi connectivity index (χ2n) is 6.98.